The van der Waals surface area contributed by atoms with Crippen molar-refractivity contribution in [1.29, 1.82) is 0 Å². The predicted octanol–water partition coefficient (Wildman–Crippen LogP) is 7.09. The standard InChI is InChI=1S/C30H34Cl2N2O2S/c1-3-4-17-33-30(36)28(18-23-9-6-5-7-10-23)34(19-24-15-13-22(2)14-16-24)29(35)21-37-20-25-26(31)11-8-12-27(25)32/h5-16,28H,3-4,17-21H2,1-2H3,(H,33,36)/t28-/m1/s1. The molecule has 0 bridgehead atoms. The molecule has 3 aromatic carbocycles. The molecule has 7 heteroatoms. The fraction of sp³-hybridized carbons (Fsp3) is 0.333. The first-order valence-electron chi connectivity index (χ1n) is 12.6. The Kier molecular flexibility index (Phi) is 11.8. The number of halogens is 2. The van der Waals surface area contributed by atoms with Crippen LogP contribution in [0.25, 0.3) is 0 Å². The van der Waals surface area contributed by atoms with Crippen LogP contribution < -0.4 is 5.32 Å². The molecule has 196 valence electrons. The summed E-state index contributed by atoms with van der Waals surface area (Å²) in [5.41, 5.74) is 3.95. The van der Waals surface area contributed by atoms with E-state index in [-0.39, 0.29) is 17.6 Å². The lowest BCUT2D eigenvalue weighted by Crippen LogP contribution is -2.51. The van der Waals surface area contributed by atoms with Gasteiger partial charge in [0.25, 0.3) is 0 Å². The van der Waals surface area contributed by atoms with E-state index in [1.165, 1.54) is 11.8 Å². The van der Waals surface area contributed by atoms with Crippen LogP contribution in [-0.2, 0) is 28.3 Å². The number of carbonyl (C=O) groups excluding carboxylic acids is 2. The van der Waals surface area contributed by atoms with Gasteiger partial charge in [-0.2, -0.15) is 0 Å². The van der Waals surface area contributed by atoms with Crippen LogP contribution in [0.2, 0.25) is 10.0 Å². The zero-order chi connectivity index (χ0) is 26.6. The van der Waals surface area contributed by atoms with Crippen molar-refractivity contribution in [2.45, 2.75) is 51.4 Å². The molecule has 0 spiro atoms. The topological polar surface area (TPSA) is 49.4 Å². The highest BCUT2D eigenvalue weighted by Gasteiger charge is 2.30. The van der Waals surface area contributed by atoms with Crippen molar-refractivity contribution < 1.29 is 9.59 Å². The van der Waals surface area contributed by atoms with E-state index in [9.17, 15) is 9.59 Å². The highest BCUT2D eigenvalue weighted by atomic mass is 35.5. The summed E-state index contributed by atoms with van der Waals surface area (Å²) in [7, 11) is 0. The number of unbranched alkanes of at least 4 members (excludes halogenated alkanes) is 1. The summed E-state index contributed by atoms with van der Waals surface area (Å²) in [4.78, 5) is 28.9. The number of benzene rings is 3. The number of hydrogen-bond donors (Lipinski definition) is 1. The Bertz CT molecular complexity index is 1140. The Morgan fingerprint density at radius 1 is 0.919 bits per heavy atom. The van der Waals surface area contributed by atoms with E-state index in [4.69, 9.17) is 23.2 Å². The summed E-state index contributed by atoms with van der Waals surface area (Å²) in [5.74, 6) is 0.493. The lowest BCUT2D eigenvalue weighted by molar-refractivity contribution is -0.139. The molecule has 0 aliphatic carbocycles. The Morgan fingerprint density at radius 2 is 1.59 bits per heavy atom. The van der Waals surface area contributed by atoms with E-state index >= 15 is 0 Å². The van der Waals surface area contributed by atoms with Crippen molar-refractivity contribution in [3.8, 4) is 0 Å². The van der Waals surface area contributed by atoms with Gasteiger partial charge in [-0.1, -0.05) is 103 Å². The first kappa shape index (κ1) is 29.1. The molecular weight excluding hydrogens is 523 g/mol. The van der Waals surface area contributed by atoms with Crippen LogP contribution in [-0.4, -0.2) is 35.1 Å². The molecule has 0 heterocycles. The van der Waals surface area contributed by atoms with Crippen molar-refractivity contribution in [3.05, 3.63) is 105 Å². The molecule has 0 aliphatic rings. The second kappa shape index (κ2) is 15.1. The lowest BCUT2D eigenvalue weighted by Gasteiger charge is -2.31. The quantitative estimate of drug-likeness (QED) is 0.228. The van der Waals surface area contributed by atoms with Gasteiger partial charge in [-0.3, -0.25) is 9.59 Å². The molecule has 0 unspecified atom stereocenters. The molecule has 0 fully saturated rings. The average molecular weight is 558 g/mol. The molecule has 3 aromatic rings. The fourth-order valence-electron chi connectivity index (χ4n) is 3.94. The van der Waals surface area contributed by atoms with E-state index in [1.807, 2.05) is 61.5 Å². The first-order valence-corrected chi connectivity index (χ1v) is 14.5. The maximum atomic E-state index is 13.7. The molecule has 0 aliphatic heterocycles. The Labute approximate surface area is 234 Å². The third kappa shape index (κ3) is 9.10. The zero-order valence-electron chi connectivity index (χ0n) is 21.4. The van der Waals surface area contributed by atoms with Crippen molar-refractivity contribution in [1.82, 2.24) is 10.2 Å². The first-order chi connectivity index (χ1) is 17.9. The number of thioether (sulfide) groups is 1. The smallest absolute Gasteiger partial charge is 0.243 e. The molecular formula is C30H34Cl2N2O2S. The fourth-order valence-corrected chi connectivity index (χ4v) is 5.59. The summed E-state index contributed by atoms with van der Waals surface area (Å²) in [6, 6.07) is 22.7. The summed E-state index contributed by atoms with van der Waals surface area (Å²) in [6.45, 7) is 5.06. The molecule has 1 atom stereocenters. The molecule has 1 N–H and O–H groups in total. The van der Waals surface area contributed by atoms with E-state index < -0.39 is 6.04 Å². The van der Waals surface area contributed by atoms with Crippen LogP contribution in [0.5, 0.6) is 0 Å². The molecule has 37 heavy (non-hydrogen) atoms. The van der Waals surface area contributed by atoms with E-state index in [2.05, 4.69) is 12.2 Å². The van der Waals surface area contributed by atoms with Gasteiger partial charge in [0.1, 0.15) is 6.04 Å². The molecule has 4 nitrogen and oxygen atoms in total. The molecule has 0 aromatic heterocycles. The monoisotopic (exact) mass is 556 g/mol. The lowest BCUT2D eigenvalue weighted by atomic mass is 10.0. The largest absolute Gasteiger partial charge is 0.354 e. The van der Waals surface area contributed by atoms with Crippen molar-refractivity contribution in [3.63, 3.8) is 0 Å². The van der Waals surface area contributed by atoms with Crippen molar-refractivity contribution in [2.24, 2.45) is 0 Å². The number of aryl methyl sites for hydroxylation is 1. The minimum atomic E-state index is -0.627. The number of amides is 2. The summed E-state index contributed by atoms with van der Waals surface area (Å²) in [5, 5.41) is 4.23. The van der Waals surface area contributed by atoms with Gasteiger partial charge in [0.05, 0.1) is 5.75 Å². The van der Waals surface area contributed by atoms with Crippen LogP contribution >= 0.6 is 35.0 Å². The highest BCUT2D eigenvalue weighted by Crippen LogP contribution is 2.28. The van der Waals surface area contributed by atoms with Crippen molar-refractivity contribution >= 4 is 46.8 Å². The van der Waals surface area contributed by atoms with Crippen LogP contribution in [0, 0.1) is 6.92 Å². The second-order valence-corrected chi connectivity index (χ2v) is 10.9. The van der Waals surface area contributed by atoms with Gasteiger partial charge in [-0.15, -0.1) is 11.8 Å². The predicted molar refractivity (Wildman–Crippen MR) is 156 cm³/mol. The van der Waals surface area contributed by atoms with Crippen LogP contribution in [0.15, 0.2) is 72.8 Å². The van der Waals surface area contributed by atoms with Gasteiger partial charge >= 0.3 is 0 Å². The zero-order valence-corrected chi connectivity index (χ0v) is 23.7. The van der Waals surface area contributed by atoms with Crippen LogP contribution in [0.4, 0.5) is 0 Å². The third-order valence-corrected chi connectivity index (χ3v) is 7.76. The normalized spacial score (nSPS) is 11.7. The van der Waals surface area contributed by atoms with Crippen LogP contribution in [0.1, 0.15) is 42.0 Å². The number of hydrogen-bond acceptors (Lipinski definition) is 3. The van der Waals surface area contributed by atoms with Gasteiger partial charge in [-0.25, -0.2) is 0 Å². The summed E-state index contributed by atoms with van der Waals surface area (Å²) in [6.07, 6.45) is 2.32. The molecule has 3 rings (SSSR count). The van der Waals surface area contributed by atoms with Gasteiger partial charge < -0.3 is 10.2 Å². The maximum Gasteiger partial charge on any atom is 0.243 e. The van der Waals surface area contributed by atoms with Gasteiger partial charge in [0, 0.05) is 35.3 Å². The van der Waals surface area contributed by atoms with E-state index in [0.29, 0.717) is 35.3 Å². The molecule has 0 radical (unpaired) electrons. The maximum absolute atomic E-state index is 13.7. The highest BCUT2D eigenvalue weighted by molar-refractivity contribution is 7.99. The van der Waals surface area contributed by atoms with Crippen LogP contribution in [0.3, 0.4) is 0 Å². The minimum absolute atomic E-state index is 0.0969. The van der Waals surface area contributed by atoms with Gasteiger partial charge in [0.2, 0.25) is 11.8 Å². The number of nitrogens with one attached hydrogen (secondary N) is 1. The molecule has 2 amide bonds. The third-order valence-electron chi connectivity index (χ3n) is 6.11. The second-order valence-electron chi connectivity index (χ2n) is 9.05. The number of nitrogens with zero attached hydrogens (tertiary/aromatic N) is 1. The molecule has 0 saturated heterocycles. The Balaban J connectivity index is 1.84. The van der Waals surface area contributed by atoms with Crippen molar-refractivity contribution in [2.75, 3.05) is 12.3 Å². The van der Waals surface area contributed by atoms with Gasteiger partial charge in [-0.05, 0) is 42.2 Å². The van der Waals surface area contributed by atoms with Gasteiger partial charge in [0.15, 0.2) is 0 Å². The average Bonchev–Trinajstić information content (AvgIpc) is 2.89. The SMILES string of the molecule is CCCCNC(=O)[C@@H](Cc1ccccc1)N(Cc1ccc(C)cc1)C(=O)CSCc1c(Cl)cccc1Cl. The Morgan fingerprint density at radius 3 is 2.24 bits per heavy atom. The summed E-state index contributed by atoms with van der Waals surface area (Å²) < 4.78 is 0. The number of carbonyl (C=O) groups is 2. The minimum Gasteiger partial charge on any atom is -0.354 e. The van der Waals surface area contributed by atoms with E-state index in [1.54, 1.807) is 23.1 Å². The summed E-state index contributed by atoms with van der Waals surface area (Å²) >= 11 is 14.1. The van der Waals surface area contributed by atoms with E-state index in [0.717, 1.165) is 35.1 Å². The number of rotatable bonds is 13. The molecule has 0 saturated carbocycles. The Hall–Kier alpha value is -2.47.